The lowest BCUT2D eigenvalue weighted by molar-refractivity contribution is 0.547. The van der Waals surface area contributed by atoms with Gasteiger partial charge in [0.05, 0.1) is 18.1 Å². The van der Waals surface area contributed by atoms with E-state index in [1.807, 2.05) is 12.4 Å². The molecule has 2 N–H and O–H groups in total. The Bertz CT molecular complexity index is 316. The summed E-state index contributed by atoms with van der Waals surface area (Å²) in [5.74, 6) is 1.57. The van der Waals surface area contributed by atoms with E-state index in [0.29, 0.717) is 12.0 Å². The molecule has 0 aliphatic heterocycles. The highest BCUT2D eigenvalue weighted by atomic mass is 15.1. The van der Waals surface area contributed by atoms with Crippen molar-refractivity contribution >= 4 is 5.82 Å². The molecule has 0 bridgehead atoms. The van der Waals surface area contributed by atoms with Gasteiger partial charge in [0, 0.05) is 12.6 Å². The summed E-state index contributed by atoms with van der Waals surface area (Å²) in [5.41, 5.74) is 1.00. The van der Waals surface area contributed by atoms with Gasteiger partial charge in [-0.1, -0.05) is 13.8 Å². The van der Waals surface area contributed by atoms with Gasteiger partial charge < -0.3 is 10.6 Å². The maximum atomic E-state index is 4.37. The zero-order chi connectivity index (χ0) is 11.4. The SMILES string of the molecule is CC(C)CNCc1cnc(NC2CC2)cn1. The van der Waals surface area contributed by atoms with Gasteiger partial charge in [-0.3, -0.25) is 4.98 Å². The average molecular weight is 220 g/mol. The Balaban J connectivity index is 1.77. The highest BCUT2D eigenvalue weighted by Gasteiger charge is 2.21. The largest absolute Gasteiger partial charge is 0.366 e. The average Bonchev–Trinajstić information content (AvgIpc) is 3.04. The van der Waals surface area contributed by atoms with Crippen molar-refractivity contribution in [3.63, 3.8) is 0 Å². The summed E-state index contributed by atoms with van der Waals surface area (Å²) in [5, 5.41) is 6.67. The normalized spacial score (nSPS) is 15.4. The van der Waals surface area contributed by atoms with E-state index in [0.717, 1.165) is 24.6 Å². The van der Waals surface area contributed by atoms with E-state index in [2.05, 4.69) is 34.4 Å². The number of hydrogen-bond acceptors (Lipinski definition) is 4. The molecule has 1 aromatic heterocycles. The minimum atomic E-state index is 0.638. The van der Waals surface area contributed by atoms with Crippen LogP contribution in [0.15, 0.2) is 12.4 Å². The van der Waals surface area contributed by atoms with E-state index in [4.69, 9.17) is 0 Å². The highest BCUT2D eigenvalue weighted by Crippen LogP contribution is 2.22. The summed E-state index contributed by atoms with van der Waals surface area (Å²) < 4.78 is 0. The van der Waals surface area contributed by atoms with E-state index in [9.17, 15) is 0 Å². The van der Waals surface area contributed by atoms with E-state index in [1.54, 1.807) is 0 Å². The van der Waals surface area contributed by atoms with Gasteiger partial charge in [0.25, 0.3) is 0 Å². The maximum absolute atomic E-state index is 4.37. The Hall–Kier alpha value is -1.16. The fourth-order valence-corrected chi connectivity index (χ4v) is 1.45. The third kappa shape index (κ3) is 3.77. The molecule has 1 heterocycles. The molecule has 88 valence electrons. The Morgan fingerprint density at radius 2 is 2.12 bits per heavy atom. The molecule has 1 aliphatic carbocycles. The minimum absolute atomic E-state index is 0.638. The van der Waals surface area contributed by atoms with Crippen LogP contribution in [0.3, 0.4) is 0 Å². The second-order valence-corrected chi connectivity index (χ2v) is 4.84. The van der Waals surface area contributed by atoms with Crippen LogP contribution in [0.2, 0.25) is 0 Å². The summed E-state index contributed by atoms with van der Waals surface area (Å²) in [6.07, 6.45) is 6.20. The van der Waals surface area contributed by atoms with Gasteiger partial charge in [-0.15, -0.1) is 0 Å². The van der Waals surface area contributed by atoms with Crippen LogP contribution in [0, 0.1) is 5.92 Å². The van der Waals surface area contributed by atoms with Gasteiger partial charge in [0.1, 0.15) is 5.82 Å². The van der Waals surface area contributed by atoms with Gasteiger partial charge in [0.15, 0.2) is 0 Å². The summed E-state index contributed by atoms with van der Waals surface area (Å²) >= 11 is 0. The number of nitrogens with zero attached hydrogens (tertiary/aromatic N) is 2. The number of rotatable bonds is 6. The van der Waals surface area contributed by atoms with Crippen molar-refractivity contribution in [3.8, 4) is 0 Å². The molecule has 2 rings (SSSR count). The topological polar surface area (TPSA) is 49.8 Å². The number of anilines is 1. The molecule has 4 heteroatoms. The number of nitrogens with one attached hydrogen (secondary N) is 2. The fourth-order valence-electron chi connectivity index (χ4n) is 1.45. The van der Waals surface area contributed by atoms with Crippen LogP contribution in [0.4, 0.5) is 5.82 Å². The first-order valence-electron chi connectivity index (χ1n) is 6.02. The molecule has 16 heavy (non-hydrogen) atoms. The Morgan fingerprint density at radius 3 is 2.69 bits per heavy atom. The minimum Gasteiger partial charge on any atom is -0.366 e. The molecule has 1 aromatic rings. The van der Waals surface area contributed by atoms with Crippen LogP contribution >= 0.6 is 0 Å². The predicted octanol–water partition coefficient (Wildman–Crippen LogP) is 1.80. The summed E-state index contributed by atoms with van der Waals surface area (Å²) in [4.78, 5) is 8.71. The van der Waals surface area contributed by atoms with E-state index in [1.165, 1.54) is 12.8 Å². The first kappa shape index (κ1) is 11.3. The van der Waals surface area contributed by atoms with Crippen molar-refractivity contribution < 1.29 is 0 Å². The monoisotopic (exact) mass is 220 g/mol. The first-order valence-corrected chi connectivity index (χ1v) is 6.02. The Morgan fingerprint density at radius 1 is 1.31 bits per heavy atom. The summed E-state index contributed by atoms with van der Waals surface area (Å²) in [7, 11) is 0. The van der Waals surface area contributed by atoms with E-state index >= 15 is 0 Å². The summed E-state index contributed by atoms with van der Waals surface area (Å²) in [6.45, 7) is 6.21. The smallest absolute Gasteiger partial charge is 0.144 e. The van der Waals surface area contributed by atoms with Crippen molar-refractivity contribution in [1.82, 2.24) is 15.3 Å². The molecule has 1 aliphatic rings. The van der Waals surface area contributed by atoms with Crippen molar-refractivity contribution in [1.29, 1.82) is 0 Å². The van der Waals surface area contributed by atoms with Gasteiger partial charge >= 0.3 is 0 Å². The lowest BCUT2D eigenvalue weighted by Crippen LogP contribution is -2.19. The van der Waals surface area contributed by atoms with Crippen molar-refractivity contribution in [2.75, 3.05) is 11.9 Å². The molecule has 0 atom stereocenters. The molecule has 4 nitrogen and oxygen atoms in total. The van der Waals surface area contributed by atoms with E-state index in [-0.39, 0.29) is 0 Å². The number of hydrogen-bond donors (Lipinski definition) is 2. The first-order chi connectivity index (χ1) is 7.74. The second-order valence-electron chi connectivity index (χ2n) is 4.84. The molecule has 0 radical (unpaired) electrons. The van der Waals surface area contributed by atoms with Crippen molar-refractivity contribution in [3.05, 3.63) is 18.1 Å². The summed E-state index contributed by atoms with van der Waals surface area (Å²) in [6, 6.07) is 0.638. The molecule has 0 spiro atoms. The van der Waals surface area contributed by atoms with Gasteiger partial charge in [-0.25, -0.2) is 4.98 Å². The van der Waals surface area contributed by atoms with Crippen LogP contribution in [-0.4, -0.2) is 22.6 Å². The van der Waals surface area contributed by atoms with Gasteiger partial charge in [0.2, 0.25) is 0 Å². The van der Waals surface area contributed by atoms with Crippen LogP contribution in [0.25, 0.3) is 0 Å². The maximum Gasteiger partial charge on any atom is 0.144 e. The van der Waals surface area contributed by atoms with Gasteiger partial charge in [-0.05, 0) is 25.3 Å². The molecule has 1 saturated carbocycles. The van der Waals surface area contributed by atoms with Gasteiger partial charge in [-0.2, -0.15) is 0 Å². The molecule has 0 aromatic carbocycles. The predicted molar refractivity (Wildman–Crippen MR) is 65.2 cm³/mol. The standard InChI is InChI=1S/C12H20N4/c1-9(2)5-13-6-11-7-15-12(8-14-11)16-10-3-4-10/h7-10,13H,3-6H2,1-2H3,(H,15,16). The van der Waals surface area contributed by atoms with Crippen LogP contribution in [0.5, 0.6) is 0 Å². The molecular weight excluding hydrogens is 200 g/mol. The quantitative estimate of drug-likeness (QED) is 0.767. The Kier molecular flexibility index (Phi) is 3.72. The van der Waals surface area contributed by atoms with Crippen LogP contribution in [0.1, 0.15) is 32.4 Å². The lowest BCUT2D eigenvalue weighted by Gasteiger charge is -2.07. The molecule has 0 unspecified atom stereocenters. The third-order valence-corrected chi connectivity index (χ3v) is 2.49. The molecule has 0 saturated heterocycles. The molecular formula is C12H20N4. The fraction of sp³-hybridized carbons (Fsp3) is 0.667. The van der Waals surface area contributed by atoms with Crippen molar-refractivity contribution in [2.24, 2.45) is 5.92 Å². The van der Waals surface area contributed by atoms with Crippen molar-refractivity contribution in [2.45, 2.75) is 39.3 Å². The number of aromatic nitrogens is 2. The second kappa shape index (κ2) is 5.25. The highest BCUT2D eigenvalue weighted by molar-refractivity contribution is 5.34. The van der Waals surface area contributed by atoms with Crippen LogP contribution in [-0.2, 0) is 6.54 Å². The lowest BCUT2D eigenvalue weighted by atomic mass is 10.2. The molecule has 0 amide bonds. The zero-order valence-corrected chi connectivity index (χ0v) is 10.0. The third-order valence-electron chi connectivity index (χ3n) is 2.49. The van der Waals surface area contributed by atoms with E-state index < -0.39 is 0 Å². The zero-order valence-electron chi connectivity index (χ0n) is 10.0. The molecule has 1 fully saturated rings. The van der Waals surface area contributed by atoms with Crippen LogP contribution < -0.4 is 10.6 Å². The Labute approximate surface area is 96.9 Å².